The third-order valence-electron chi connectivity index (χ3n) is 5.61. The second kappa shape index (κ2) is 8.97. The highest BCUT2D eigenvalue weighted by atomic mass is 35.5. The fraction of sp³-hybridized carbons (Fsp3) is 0.318. The van der Waals surface area contributed by atoms with E-state index in [1.807, 2.05) is 44.2 Å². The lowest BCUT2D eigenvalue weighted by Gasteiger charge is -2.14. The summed E-state index contributed by atoms with van der Waals surface area (Å²) in [5.74, 6) is -0.0447. The van der Waals surface area contributed by atoms with Gasteiger partial charge in [-0.25, -0.2) is 0 Å². The Morgan fingerprint density at radius 3 is 2.69 bits per heavy atom. The van der Waals surface area contributed by atoms with E-state index < -0.39 is 0 Å². The molecule has 4 nitrogen and oxygen atoms in total. The van der Waals surface area contributed by atoms with E-state index in [9.17, 15) is 4.79 Å². The summed E-state index contributed by atoms with van der Waals surface area (Å²) < 4.78 is 2.10. The molecule has 2 N–H and O–H groups in total. The number of benzene rings is 2. The van der Waals surface area contributed by atoms with Gasteiger partial charge in [0.25, 0.3) is 0 Å². The molecule has 1 aliphatic heterocycles. The van der Waals surface area contributed by atoms with Crippen molar-refractivity contribution >= 4 is 58.1 Å². The number of amides is 1. The van der Waals surface area contributed by atoms with Gasteiger partial charge in [0, 0.05) is 29.7 Å². The minimum atomic E-state index is -0.0447. The van der Waals surface area contributed by atoms with Crippen molar-refractivity contribution in [3.8, 4) is 0 Å². The van der Waals surface area contributed by atoms with E-state index in [0.717, 1.165) is 53.6 Å². The zero-order valence-electron chi connectivity index (χ0n) is 16.4. The van der Waals surface area contributed by atoms with Crippen LogP contribution in [0.1, 0.15) is 22.4 Å². The molecule has 0 fully saturated rings. The van der Waals surface area contributed by atoms with Gasteiger partial charge in [0.15, 0.2) is 0 Å². The minimum Gasteiger partial charge on any atom is -0.335 e. The molecule has 0 saturated carbocycles. The normalized spacial score (nSPS) is 13.5. The molecule has 3 aromatic rings. The maximum atomic E-state index is 12.9. The molecule has 0 unspecified atom stereocenters. The van der Waals surface area contributed by atoms with Crippen LogP contribution in [-0.4, -0.2) is 23.6 Å². The molecular weight excluding hydrogens is 429 g/mol. The summed E-state index contributed by atoms with van der Waals surface area (Å²) in [6, 6.07) is 9.72. The number of aryl methyl sites for hydroxylation is 1. The number of carbonyl (C=O) groups is 1. The molecule has 0 radical (unpaired) electrons. The fourth-order valence-electron chi connectivity index (χ4n) is 4.01. The molecule has 0 spiro atoms. The molecule has 154 valence electrons. The number of carbonyl (C=O) groups excluding carboxylic acids is 1. The summed E-state index contributed by atoms with van der Waals surface area (Å²) in [5, 5.41) is 8.59. The number of hydrogen-bond donors (Lipinski definition) is 2. The van der Waals surface area contributed by atoms with Gasteiger partial charge in [0.05, 0.1) is 15.6 Å². The first-order chi connectivity index (χ1) is 13.5. The van der Waals surface area contributed by atoms with Crippen molar-refractivity contribution < 1.29 is 4.79 Å². The van der Waals surface area contributed by atoms with Gasteiger partial charge in [0.2, 0.25) is 5.91 Å². The fourth-order valence-corrected chi connectivity index (χ4v) is 4.44. The van der Waals surface area contributed by atoms with Crippen molar-refractivity contribution in [3.63, 3.8) is 0 Å². The monoisotopic (exact) mass is 451 g/mol. The van der Waals surface area contributed by atoms with Gasteiger partial charge in [-0.2, -0.15) is 0 Å². The van der Waals surface area contributed by atoms with Gasteiger partial charge in [-0.05, 0) is 61.7 Å². The summed E-state index contributed by atoms with van der Waals surface area (Å²) in [7, 11) is 0. The first-order valence-corrected chi connectivity index (χ1v) is 10.3. The molecule has 2 heterocycles. The van der Waals surface area contributed by atoms with Gasteiger partial charge in [-0.3, -0.25) is 4.79 Å². The van der Waals surface area contributed by atoms with E-state index in [-0.39, 0.29) is 24.9 Å². The third kappa shape index (κ3) is 4.13. The number of nitrogens with one attached hydrogen (secondary N) is 2. The van der Waals surface area contributed by atoms with Crippen molar-refractivity contribution in [3.05, 3.63) is 62.8 Å². The maximum Gasteiger partial charge on any atom is 0.244 e. The smallest absolute Gasteiger partial charge is 0.244 e. The second-order valence-corrected chi connectivity index (χ2v) is 8.10. The summed E-state index contributed by atoms with van der Waals surface area (Å²) in [4.78, 5) is 12.9. The summed E-state index contributed by atoms with van der Waals surface area (Å²) >= 11 is 12.9. The number of rotatable bonds is 3. The molecule has 4 rings (SSSR count). The number of nitrogens with zero attached hydrogens (tertiary/aromatic N) is 1. The molecule has 29 heavy (non-hydrogen) atoms. The zero-order chi connectivity index (χ0) is 19.8. The molecule has 7 heteroatoms. The number of anilines is 1. The molecule has 0 saturated heterocycles. The van der Waals surface area contributed by atoms with E-state index in [1.165, 1.54) is 11.3 Å². The van der Waals surface area contributed by atoms with Crippen LogP contribution in [0.5, 0.6) is 0 Å². The molecule has 1 amide bonds. The Balaban J connectivity index is 0.00000240. The molecular formula is C22H24Cl3N3O. The second-order valence-electron chi connectivity index (χ2n) is 7.31. The average Bonchev–Trinajstić information content (AvgIpc) is 2.82. The number of aromatic nitrogens is 1. The average molecular weight is 453 g/mol. The number of fused-ring (bicyclic) bond motifs is 3. The topological polar surface area (TPSA) is 46.1 Å². The summed E-state index contributed by atoms with van der Waals surface area (Å²) in [6.07, 6.45) is 1.73. The molecule has 0 bridgehead atoms. The Morgan fingerprint density at radius 1 is 1.14 bits per heavy atom. The SMILES string of the molecule is Cc1cccc(NC(=O)Cn2c3c(c4c(Cl)c(Cl)ccc42)CCNCC3)c1C.Cl. The van der Waals surface area contributed by atoms with Crippen LogP contribution in [0.25, 0.3) is 10.9 Å². The van der Waals surface area contributed by atoms with Crippen LogP contribution >= 0.6 is 35.6 Å². The zero-order valence-corrected chi connectivity index (χ0v) is 18.8. The van der Waals surface area contributed by atoms with Crippen LogP contribution in [0, 0.1) is 13.8 Å². The van der Waals surface area contributed by atoms with Crippen molar-refractivity contribution in [1.29, 1.82) is 0 Å². The van der Waals surface area contributed by atoms with E-state index in [2.05, 4.69) is 15.2 Å². The van der Waals surface area contributed by atoms with Crippen LogP contribution in [0.4, 0.5) is 5.69 Å². The van der Waals surface area contributed by atoms with Crippen LogP contribution in [0.15, 0.2) is 30.3 Å². The van der Waals surface area contributed by atoms with Gasteiger partial charge >= 0.3 is 0 Å². The highest BCUT2D eigenvalue weighted by Gasteiger charge is 2.23. The Bertz CT molecular complexity index is 1080. The maximum absolute atomic E-state index is 12.9. The molecule has 1 aromatic heterocycles. The summed E-state index contributed by atoms with van der Waals surface area (Å²) in [6.45, 7) is 6.09. The lowest BCUT2D eigenvalue weighted by atomic mass is 10.1. The van der Waals surface area contributed by atoms with Crippen LogP contribution < -0.4 is 10.6 Å². The molecule has 0 aliphatic carbocycles. The van der Waals surface area contributed by atoms with Crippen molar-refractivity contribution in [2.45, 2.75) is 33.2 Å². The van der Waals surface area contributed by atoms with E-state index in [0.29, 0.717) is 10.0 Å². The highest BCUT2D eigenvalue weighted by Crippen LogP contribution is 2.37. The standard InChI is InChI=1S/C22H23Cl2N3O.ClH/c1-13-4-3-5-17(14(13)2)26-20(28)12-27-18-9-11-25-10-8-15(18)21-19(27)7-6-16(23)22(21)24;/h3-7,25H,8-12H2,1-2H3,(H,26,28);1H. The van der Waals surface area contributed by atoms with Gasteiger partial charge in [-0.15, -0.1) is 12.4 Å². The predicted octanol–water partition coefficient (Wildman–Crippen LogP) is 5.31. The van der Waals surface area contributed by atoms with E-state index in [1.54, 1.807) is 0 Å². The van der Waals surface area contributed by atoms with Crippen LogP contribution in [0.3, 0.4) is 0 Å². The van der Waals surface area contributed by atoms with Crippen molar-refractivity contribution in [1.82, 2.24) is 9.88 Å². The van der Waals surface area contributed by atoms with Crippen molar-refractivity contribution in [2.75, 3.05) is 18.4 Å². The summed E-state index contributed by atoms with van der Waals surface area (Å²) in [5.41, 5.74) is 6.44. The van der Waals surface area contributed by atoms with Crippen LogP contribution in [0.2, 0.25) is 10.0 Å². The van der Waals surface area contributed by atoms with Gasteiger partial charge in [-0.1, -0.05) is 35.3 Å². The van der Waals surface area contributed by atoms with E-state index in [4.69, 9.17) is 23.2 Å². The Labute approximate surface area is 187 Å². The minimum absolute atomic E-state index is 0. The Hall–Kier alpha value is -1.72. The third-order valence-corrected chi connectivity index (χ3v) is 6.41. The quantitative estimate of drug-likeness (QED) is 0.565. The van der Waals surface area contributed by atoms with Gasteiger partial charge < -0.3 is 15.2 Å². The molecule has 2 aromatic carbocycles. The lowest BCUT2D eigenvalue weighted by Crippen LogP contribution is -2.22. The Kier molecular flexibility index (Phi) is 6.79. The lowest BCUT2D eigenvalue weighted by molar-refractivity contribution is -0.116. The van der Waals surface area contributed by atoms with Crippen molar-refractivity contribution in [2.24, 2.45) is 0 Å². The number of hydrogen-bond acceptors (Lipinski definition) is 2. The van der Waals surface area contributed by atoms with E-state index >= 15 is 0 Å². The Morgan fingerprint density at radius 2 is 1.90 bits per heavy atom. The van der Waals surface area contributed by atoms with Gasteiger partial charge in [0.1, 0.15) is 6.54 Å². The molecule has 0 atom stereocenters. The first kappa shape index (κ1) is 22.0. The molecule has 1 aliphatic rings. The highest BCUT2D eigenvalue weighted by molar-refractivity contribution is 6.45. The largest absolute Gasteiger partial charge is 0.335 e. The van der Waals surface area contributed by atoms with Crippen LogP contribution in [-0.2, 0) is 24.2 Å². The first-order valence-electron chi connectivity index (χ1n) is 9.52. The predicted molar refractivity (Wildman–Crippen MR) is 124 cm³/mol. The number of halogens is 3.